The summed E-state index contributed by atoms with van der Waals surface area (Å²) in [4.78, 5) is 15.3. The molecule has 0 fully saturated rings. The van der Waals surface area contributed by atoms with E-state index in [-0.39, 0.29) is 5.95 Å². The van der Waals surface area contributed by atoms with Crippen LogP contribution in [0, 0.1) is 6.92 Å². The van der Waals surface area contributed by atoms with Crippen molar-refractivity contribution >= 4 is 22.9 Å². The Hall–Kier alpha value is -2.64. The molecule has 0 aliphatic rings. The number of anilines is 2. The van der Waals surface area contributed by atoms with E-state index in [2.05, 4.69) is 35.5 Å². The number of nitrogens with one attached hydrogen (secondary N) is 3. The van der Waals surface area contributed by atoms with Crippen LogP contribution in [0.2, 0.25) is 0 Å². The number of nitrogen functional groups attached to an aromatic ring is 1. The lowest BCUT2D eigenvalue weighted by Gasteiger charge is -2.06. The molecule has 104 valence electrons. The Balaban J connectivity index is 1.62. The minimum absolute atomic E-state index is 0.220. The van der Waals surface area contributed by atoms with Gasteiger partial charge in [0.15, 0.2) is 11.5 Å². The molecule has 0 aliphatic carbocycles. The average molecular weight is 272 g/mol. The van der Waals surface area contributed by atoms with Gasteiger partial charge in [0.2, 0.25) is 5.95 Å². The predicted molar refractivity (Wildman–Crippen MR) is 76.2 cm³/mol. The molecule has 0 saturated heterocycles. The smallest absolute Gasteiger partial charge is 0.224 e. The maximum absolute atomic E-state index is 5.66. The Labute approximate surface area is 115 Å². The summed E-state index contributed by atoms with van der Waals surface area (Å²) in [6.45, 7) is 2.81. The molecule has 0 radical (unpaired) electrons. The van der Waals surface area contributed by atoms with Crippen molar-refractivity contribution in [2.45, 2.75) is 19.8 Å². The number of hydrogen-bond donors (Lipinski definition) is 4. The Kier molecular flexibility index (Phi) is 3.20. The van der Waals surface area contributed by atoms with Crippen LogP contribution in [0.15, 0.2) is 12.5 Å². The summed E-state index contributed by atoms with van der Waals surface area (Å²) in [5.74, 6) is 0.909. The van der Waals surface area contributed by atoms with Crippen LogP contribution < -0.4 is 11.1 Å². The van der Waals surface area contributed by atoms with Gasteiger partial charge in [-0.05, 0) is 25.3 Å². The third-order valence-corrected chi connectivity index (χ3v) is 3.15. The van der Waals surface area contributed by atoms with Gasteiger partial charge < -0.3 is 16.0 Å². The van der Waals surface area contributed by atoms with Crippen molar-refractivity contribution in [3.05, 3.63) is 23.8 Å². The van der Waals surface area contributed by atoms with Gasteiger partial charge in [0.1, 0.15) is 5.52 Å². The quantitative estimate of drug-likeness (QED) is 0.514. The summed E-state index contributed by atoms with van der Waals surface area (Å²) in [7, 11) is 0. The van der Waals surface area contributed by atoms with E-state index in [4.69, 9.17) is 5.73 Å². The lowest BCUT2D eigenvalue weighted by Crippen LogP contribution is -2.07. The van der Waals surface area contributed by atoms with Crippen LogP contribution in [0.5, 0.6) is 0 Å². The second-order valence-corrected chi connectivity index (χ2v) is 4.58. The third-order valence-electron chi connectivity index (χ3n) is 3.15. The van der Waals surface area contributed by atoms with E-state index in [1.165, 1.54) is 5.56 Å². The zero-order valence-electron chi connectivity index (χ0n) is 11.1. The molecule has 0 saturated carbocycles. The van der Waals surface area contributed by atoms with E-state index in [1.54, 1.807) is 6.33 Å². The molecule has 5 N–H and O–H groups in total. The Morgan fingerprint density at radius 2 is 2.25 bits per heavy atom. The van der Waals surface area contributed by atoms with Gasteiger partial charge in [-0.25, -0.2) is 4.98 Å². The van der Waals surface area contributed by atoms with Gasteiger partial charge in [-0.2, -0.15) is 15.1 Å². The normalized spacial score (nSPS) is 11.1. The monoisotopic (exact) mass is 272 g/mol. The van der Waals surface area contributed by atoms with Crippen molar-refractivity contribution in [2.24, 2.45) is 0 Å². The number of fused-ring (bicyclic) bond motifs is 1. The van der Waals surface area contributed by atoms with Crippen molar-refractivity contribution in [1.82, 2.24) is 30.1 Å². The second kappa shape index (κ2) is 5.16. The molecule has 0 aliphatic heterocycles. The largest absolute Gasteiger partial charge is 0.368 e. The summed E-state index contributed by atoms with van der Waals surface area (Å²) in [5.41, 5.74) is 9.36. The molecule has 3 aromatic rings. The molecule has 20 heavy (non-hydrogen) atoms. The highest BCUT2D eigenvalue weighted by Gasteiger charge is 2.07. The van der Waals surface area contributed by atoms with Crippen molar-refractivity contribution in [3.63, 3.8) is 0 Å². The summed E-state index contributed by atoms with van der Waals surface area (Å²) in [6.07, 6.45) is 5.38. The fourth-order valence-corrected chi connectivity index (χ4v) is 2.09. The highest BCUT2D eigenvalue weighted by atomic mass is 15.1. The Bertz CT molecular complexity index is 713. The first-order valence-corrected chi connectivity index (χ1v) is 6.43. The van der Waals surface area contributed by atoms with Crippen molar-refractivity contribution in [1.29, 1.82) is 0 Å². The van der Waals surface area contributed by atoms with Crippen LogP contribution in [-0.2, 0) is 6.42 Å². The topological polar surface area (TPSA) is 121 Å². The summed E-state index contributed by atoms with van der Waals surface area (Å²) in [5, 5.41) is 10.2. The minimum atomic E-state index is 0.220. The van der Waals surface area contributed by atoms with Crippen molar-refractivity contribution in [2.75, 3.05) is 17.6 Å². The number of rotatable bonds is 5. The van der Waals surface area contributed by atoms with Crippen molar-refractivity contribution in [3.8, 4) is 0 Å². The third kappa shape index (κ3) is 2.40. The molecule has 3 aromatic heterocycles. The number of aromatic amines is 2. The van der Waals surface area contributed by atoms with Crippen LogP contribution in [0.1, 0.15) is 17.7 Å². The first kappa shape index (κ1) is 12.4. The van der Waals surface area contributed by atoms with E-state index in [9.17, 15) is 0 Å². The van der Waals surface area contributed by atoms with Gasteiger partial charge in [-0.3, -0.25) is 5.10 Å². The molecular formula is C12H16N8. The highest BCUT2D eigenvalue weighted by molar-refractivity contribution is 5.83. The molecular weight excluding hydrogens is 256 g/mol. The lowest BCUT2D eigenvalue weighted by molar-refractivity contribution is 0.854. The maximum atomic E-state index is 5.66. The molecule has 0 bridgehead atoms. The van der Waals surface area contributed by atoms with Gasteiger partial charge in [-0.15, -0.1) is 0 Å². The second-order valence-electron chi connectivity index (χ2n) is 4.58. The molecule has 0 spiro atoms. The zero-order chi connectivity index (χ0) is 13.9. The molecule has 8 heteroatoms. The number of aryl methyl sites for hydroxylation is 2. The standard InChI is InChI=1S/C12H16N8/c1-7-8(5-17-20-7)3-2-4-14-10-9-11(16-6-15-9)19-12(13)18-10/h5-6H,2-4H2,1H3,(H,17,20)(H4,13,14,15,16,18,19). The van der Waals surface area contributed by atoms with Gasteiger partial charge in [0.05, 0.1) is 12.5 Å². The van der Waals surface area contributed by atoms with E-state index in [0.29, 0.717) is 11.5 Å². The predicted octanol–water partition coefficient (Wildman–Crippen LogP) is 1.01. The Morgan fingerprint density at radius 3 is 3.05 bits per heavy atom. The van der Waals surface area contributed by atoms with E-state index >= 15 is 0 Å². The highest BCUT2D eigenvalue weighted by Crippen LogP contribution is 2.17. The van der Waals surface area contributed by atoms with Crippen LogP contribution in [-0.4, -0.2) is 36.7 Å². The number of nitrogens with zero attached hydrogens (tertiary/aromatic N) is 4. The molecule has 0 amide bonds. The molecule has 0 aromatic carbocycles. The van der Waals surface area contributed by atoms with Crippen LogP contribution >= 0.6 is 0 Å². The zero-order valence-corrected chi connectivity index (χ0v) is 11.1. The SMILES string of the molecule is Cc1[nH]ncc1CCCNc1nc(N)nc2nc[nH]c12. The van der Waals surface area contributed by atoms with Crippen LogP contribution in [0.4, 0.5) is 11.8 Å². The summed E-state index contributed by atoms with van der Waals surface area (Å²) >= 11 is 0. The van der Waals surface area contributed by atoms with Crippen LogP contribution in [0.3, 0.4) is 0 Å². The van der Waals surface area contributed by atoms with Gasteiger partial charge >= 0.3 is 0 Å². The average Bonchev–Trinajstić information content (AvgIpc) is 3.03. The van der Waals surface area contributed by atoms with Crippen LogP contribution in [0.25, 0.3) is 11.2 Å². The Morgan fingerprint density at radius 1 is 1.35 bits per heavy atom. The van der Waals surface area contributed by atoms with Crippen molar-refractivity contribution < 1.29 is 0 Å². The number of hydrogen-bond acceptors (Lipinski definition) is 6. The molecule has 3 rings (SSSR count). The molecule has 0 unspecified atom stereocenters. The fraction of sp³-hybridized carbons (Fsp3) is 0.333. The number of H-pyrrole nitrogens is 2. The number of aromatic nitrogens is 6. The fourth-order valence-electron chi connectivity index (χ4n) is 2.09. The van der Waals surface area contributed by atoms with E-state index in [1.807, 2.05) is 13.1 Å². The van der Waals surface area contributed by atoms with E-state index < -0.39 is 0 Å². The maximum Gasteiger partial charge on any atom is 0.224 e. The lowest BCUT2D eigenvalue weighted by atomic mass is 10.1. The number of nitrogens with two attached hydrogens (primary N) is 1. The summed E-state index contributed by atoms with van der Waals surface area (Å²) < 4.78 is 0. The van der Waals surface area contributed by atoms with Gasteiger partial charge in [0.25, 0.3) is 0 Å². The summed E-state index contributed by atoms with van der Waals surface area (Å²) in [6, 6.07) is 0. The first-order valence-electron chi connectivity index (χ1n) is 6.43. The van der Waals surface area contributed by atoms with Gasteiger partial charge in [-0.1, -0.05) is 0 Å². The number of imidazole rings is 1. The van der Waals surface area contributed by atoms with E-state index in [0.717, 1.165) is 30.6 Å². The molecule has 3 heterocycles. The first-order chi connectivity index (χ1) is 9.74. The molecule has 0 atom stereocenters. The molecule has 8 nitrogen and oxygen atoms in total. The van der Waals surface area contributed by atoms with Gasteiger partial charge in [0, 0.05) is 12.2 Å². The minimum Gasteiger partial charge on any atom is -0.368 e.